The van der Waals surface area contributed by atoms with E-state index < -0.39 is 0 Å². The summed E-state index contributed by atoms with van der Waals surface area (Å²) in [5.41, 5.74) is 3.39. The zero-order valence-corrected chi connectivity index (χ0v) is 17.7. The zero-order chi connectivity index (χ0) is 20.9. The molecule has 1 fully saturated rings. The number of likely N-dealkylation sites (tertiary alicyclic amines) is 1. The van der Waals surface area contributed by atoms with Crippen molar-refractivity contribution >= 4 is 17.2 Å². The molecule has 4 aromatic rings. The van der Waals surface area contributed by atoms with Gasteiger partial charge in [0, 0.05) is 38.3 Å². The average molecular weight is 413 g/mol. The first kappa shape index (κ1) is 19.8. The van der Waals surface area contributed by atoms with Crippen LogP contribution in [0.25, 0.3) is 17.2 Å². The number of pyridine rings is 1. The first-order chi connectivity index (χ1) is 15.4. The largest absolute Gasteiger partial charge is 0.465 e. The Hall–Kier alpha value is -3.18. The highest BCUT2D eigenvalue weighted by Gasteiger charge is 2.24. The number of benzene rings is 1. The summed E-state index contributed by atoms with van der Waals surface area (Å²) in [6.45, 7) is 3.12. The Bertz CT molecular complexity index is 1120. The van der Waals surface area contributed by atoms with Crippen molar-refractivity contribution in [3.8, 4) is 0 Å². The van der Waals surface area contributed by atoms with Crippen molar-refractivity contribution < 1.29 is 4.42 Å². The maximum absolute atomic E-state index is 5.38. The lowest BCUT2D eigenvalue weighted by molar-refractivity contribution is 0.203. The first-order valence-corrected chi connectivity index (χ1v) is 11.1. The predicted octanol–water partition coefficient (Wildman–Crippen LogP) is 5.16. The van der Waals surface area contributed by atoms with Gasteiger partial charge < -0.3 is 8.98 Å². The van der Waals surface area contributed by atoms with Crippen LogP contribution in [0.4, 0.5) is 0 Å². The Labute approximate surface area is 183 Å². The molecule has 1 saturated heterocycles. The van der Waals surface area contributed by atoms with Gasteiger partial charge in [-0.1, -0.05) is 36.4 Å². The van der Waals surface area contributed by atoms with Crippen molar-refractivity contribution in [3.63, 3.8) is 0 Å². The molecule has 5 rings (SSSR count). The zero-order valence-electron chi connectivity index (χ0n) is 17.7. The maximum atomic E-state index is 5.38. The van der Waals surface area contributed by atoms with E-state index in [1.165, 1.54) is 5.56 Å². The van der Waals surface area contributed by atoms with Crippen LogP contribution in [-0.4, -0.2) is 39.1 Å². The van der Waals surface area contributed by atoms with Gasteiger partial charge in [0.1, 0.15) is 17.1 Å². The third-order valence-electron chi connectivity index (χ3n) is 6.11. The van der Waals surface area contributed by atoms with E-state index in [1.54, 1.807) is 6.26 Å². The molecule has 31 heavy (non-hydrogen) atoms. The summed E-state index contributed by atoms with van der Waals surface area (Å²) >= 11 is 0. The molecule has 5 heteroatoms. The number of nitrogens with zero attached hydrogens (tertiary/aromatic N) is 4. The molecule has 1 aromatic carbocycles. The van der Waals surface area contributed by atoms with Crippen LogP contribution in [-0.2, 0) is 12.8 Å². The van der Waals surface area contributed by atoms with Gasteiger partial charge in [-0.05, 0) is 55.2 Å². The van der Waals surface area contributed by atoms with Crippen molar-refractivity contribution in [2.24, 2.45) is 0 Å². The van der Waals surface area contributed by atoms with Crippen molar-refractivity contribution in [3.05, 3.63) is 90.3 Å². The minimum atomic E-state index is 0.455. The molecular formula is C26H28N4O. The van der Waals surface area contributed by atoms with Gasteiger partial charge >= 0.3 is 0 Å². The first-order valence-electron chi connectivity index (χ1n) is 11.1. The van der Waals surface area contributed by atoms with Crippen LogP contribution in [0.5, 0.6) is 0 Å². The second-order valence-corrected chi connectivity index (χ2v) is 8.18. The van der Waals surface area contributed by atoms with Crippen LogP contribution >= 0.6 is 0 Å². The Balaban J connectivity index is 1.28. The molecule has 158 valence electrons. The molecule has 3 aromatic heterocycles. The molecule has 5 nitrogen and oxygen atoms in total. The fourth-order valence-corrected chi connectivity index (χ4v) is 4.50. The second-order valence-electron chi connectivity index (χ2n) is 8.18. The van der Waals surface area contributed by atoms with E-state index in [9.17, 15) is 0 Å². The van der Waals surface area contributed by atoms with Crippen LogP contribution in [0.1, 0.15) is 36.0 Å². The highest BCUT2D eigenvalue weighted by Crippen LogP contribution is 2.28. The summed E-state index contributed by atoms with van der Waals surface area (Å²) in [7, 11) is 0. The molecule has 0 bridgehead atoms. The van der Waals surface area contributed by atoms with Gasteiger partial charge in [0.05, 0.1) is 6.26 Å². The lowest BCUT2D eigenvalue weighted by Crippen LogP contribution is -2.35. The monoisotopic (exact) mass is 412 g/mol. The summed E-state index contributed by atoms with van der Waals surface area (Å²) < 4.78 is 7.80. The summed E-state index contributed by atoms with van der Waals surface area (Å²) in [4.78, 5) is 12.2. The Morgan fingerprint density at radius 3 is 2.65 bits per heavy atom. The smallest absolute Gasteiger partial charge is 0.160 e. The van der Waals surface area contributed by atoms with Gasteiger partial charge in [0.15, 0.2) is 5.65 Å². The number of hydrogen-bond acceptors (Lipinski definition) is 4. The van der Waals surface area contributed by atoms with Crippen molar-refractivity contribution in [2.45, 2.75) is 31.7 Å². The van der Waals surface area contributed by atoms with Crippen molar-refractivity contribution in [2.75, 3.05) is 19.6 Å². The number of aromatic nitrogens is 3. The third-order valence-corrected chi connectivity index (χ3v) is 6.11. The minimum absolute atomic E-state index is 0.455. The SMILES string of the molecule is C(=C\c1ccco1)/CN1CCC(n2c(CCc3ccccc3)nc3cccnc32)CC1. The lowest BCUT2D eigenvalue weighted by atomic mass is 10.0. The molecule has 0 spiro atoms. The van der Waals surface area contributed by atoms with Crippen LogP contribution in [0.15, 0.2) is 77.6 Å². The summed E-state index contributed by atoms with van der Waals surface area (Å²) in [6, 6.07) is 19.1. The van der Waals surface area contributed by atoms with Crippen LogP contribution in [0.3, 0.4) is 0 Å². The molecule has 1 aliphatic heterocycles. The number of imidazole rings is 1. The Kier molecular flexibility index (Phi) is 5.94. The van der Waals surface area contributed by atoms with Crippen LogP contribution in [0, 0.1) is 0 Å². The molecule has 0 unspecified atom stereocenters. The number of hydrogen-bond donors (Lipinski definition) is 0. The molecule has 0 aliphatic carbocycles. The molecule has 0 N–H and O–H groups in total. The Morgan fingerprint density at radius 2 is 1.84 bits per heavy atom. The molecule has 0 atom stereocenters. The normalized spacial score (nSPS) is 15.9. The molecule has 0 amide bonds. The van der Waals surface area contributed by atoms with E-state index in [1.807, 2.05) is 24.4 Å². The van der Waals surface area contributed by atoms with E-state index >= 15 is 0 Å². The summed E-state index contributed by atoms with van der Waals surface area (Å²) in [5, 5.41) is 0. The molecule has 4 heterocycles. The summed E-state index contributed by atoms with van der Waals surface area (Å²) in [6.07, 6.45) is 12.0. The maximum Gasteiger partial charge on any atom is 0.160 e. The number of rotatable bonds is 7. The quantitative estimate of drug-likeness (QED) is 0.421. The number of piperidine rings is 1. The Morgan fingerprint density at radius 1 is 0.968 bits per heavy atom. The van der Waals surface area contributed by atoms with Gasteiger partial charge in [0.2, 0.25) is 0 Å². The standard InChI is InChI=1S/C26H28N4O/c1-2-7-21(8-3-1)12-13-25-28-24-11-4-16-27-26(24)30(25)22-14-18-29(19-15-22)17-5-9-23-10-6-20-31-23/h1-11,16,20,22H,12-15,17-19H2/b9-5+. The lowest BCUT2D eigenvalue weighted by Gasteiger charge is -2.32. The van der Waals surface area contributed by atoms with Gasteiger partial charge in [0.25, 0.3) is 0 Å². The molecule has 0 radical (unpaired) electrons. The summed E-state index contributed by atoms with van der Waals surface area (Å²) in [5.74, 6) is 2.07. The average Bonchev–Trinajstić information content (AvgIpc) is 3.46. The molecule has 0 saturated carbocycles. The van der Waals surface area contributed by atoms with Crippen molar-refractivity contribution in [1.29, 1.82) is 0 Å². The number of furan rings is 1. The third kappa shape index (κ3) is 4.62. The molecule has 1 aliphatic rings. The predicted molar refractivity (Wildman–Crippen MR) is 124 cm³/mol. The van der Waals surface area contributed by atoms with Gasteiger partial charge in [-0.3, -0.25) is 4.90 Å². The topological polar surface area (TPSA) is 47.1 Å². The van der Waals surface area contributed by atoms with Gasteiger partial charge in [-0.25, -0.2) is 9.97 Å². The van der Waals surface area contributed by atoms with E-state index in [-0.39, 0.29) is 0 Å². The van der Waals surface area contributed by atoms with Gasteiger partial charge in [-0.2, -0.15) is 0 Å². The van der Waals surface area contributed by atoms with Crippen LogP contribution in [0.2, 0.25) is 0 Å². The molecular weight excluding hydrogens is 384 g/mol. The van der Waals surface area contributed by atoms with E-state index in [4.69, 9.17) is 14.4 Å². The fraction of sp³-hybridized carbons (Fsp3) is 0.308. The van der Waals surface area contributed by atoms with Crippen LogP contribution < -0.4 is 0 Å². The van der Waals surface area contributed by atoms with E-state index in [0.29, 0.717) is 6.04 Å². The van der Waals surface area contributed by atoms with Crippen molar-refractivity contribution in [1.82, 2.24) is 19.4 Å². The van der Waals surface area contributed by atoms with E-state index in [0.717, 1.165) is 68.1 Å². The van der Waals surface area contributed by atoms with Gasteiger partial charge in [-0.15, -0.1) is 0 Å². The number of aryl methyl sites for hydroxylation is 2. The highest BCUT2D eigenvalue weighted by atomic mass is 16.3. The fourth-order valence-electron chi connectivity index (χ4n) is 4.50. The number of fused-ring (bicyclic) bond motifs is 1. The van der Waals surface area contributed by atoms with E-state index in [2.05, 4.69) is 58.0 Å². The minimum Gasteiger partial charge on any atom is -0.465 e. The second kappa shape index (κ2) is 9.31. The highest BCUT2D eigenvalue weighted by molar-refractivity contribution is 5.71.